The Bertz CT molecular complexity index is 412. The van der Waals surface area contributed by atoms with Crippen molar-refractivity contribution >= 4 is 37.7 Å². The Balaban J connectivity index is 2.67. The second-order valence-corrected chi connectivity index (χ2v) is 4.16. The molecule has 0 spiro atoms. The van der Waals surface area contributed by atoms with E-state index in [0.717, 1.165) is 26.5 Å². The molecule has 2 rings (SSSR count). The van der Waals surface area contributed by atoms with Gasteiger partial charge in [0.1, 0.15) is 4.60 Å². The molecule has 2 heterocycles. The van der Waals surface area contributed by atoms with Crippen LogP contribution in [-0.4, -0.2) is 15.0 Å². The van der Waals surface area contributed by atoms with Crippen LogP contribution in [0.4, 0.5) is 0 Å². The molecule has 0 aromatic carbocycles. The Hall–Kier alpha value is -0.550. The summed E-state index contributed by atoms with van der Waals surface area (Å²) in [7, 11) is 0. The van der Waals surface area contributed by atoms with Crippen molar-refractivity contribution in [3.05, 3.63) is 15.8 Å². The lowest BCUT2D eigenvalue weighted by molar-refractivity contribution is 1.09. The maximum absolute atomic E-state index is 4.30. The summed E-state index contributed by atoms with van der Waals surface area (Å²) in [6.45, 7) is 2.08. The minimum Gasteiger partial charge on any atom is -0.232 e. The van der Waals surface area contributed by atoms with Gasteiger partial charge in [-0.3, -0.25) is 0 Å². The molecule has 0 saturated carbocycles. The second-order valence-electron chi connectivity index (χ2n) is 2.28. The predicted molar refractivity (Wildman–Crippen MR) is 52.3 cm³/mol. The Morgan fingerprint density at radius 2 is 2.33 bits per heavy atom. The van der Waals surface area contributed by atoms with E-state index >= 15 is 0 Å². The van der Waals surface area contributed by atoms with E-state index in [0.29, 0.717) is 0 Å². The average molecular weight is 244 g/mol. The van der Waals surface area contributed by atoms with Gasteiger partial charge in [-0.2, -0.15) is 0 Å². The third kappa shape index (κ3) is 1.34. The van der Waals surface area contributed by atoms with E-state index < -0.39 is 0 Å². The van der Waals surface area contributed by atoms with Crippen LogP contribution in [0.2, 0.25) is 0 Å². The van der Waals surface area contributed by atoms with Crippen LogP contribution in [0.1, 0.15) is 11.9 Å². The summed E-state index contributed by atoms with van der Waals surface area (Å²) >= 11 is 4.87. The molecule has 3 nitrogen and oxygen atoms in total. The number of aryl methyl sites for hydroxylation is 1. The molecule has 0 radical (unpaired) electrons. The van der Waals surface area contributed by atoms with Gasteiger partial charge in [0.05, 0.1) is 11.2 Å². The normalized spacial score (nSPS) is 10.8. The van der Waals surface area contributed by atoms with Crippen molar-refractivity contribution in [1.82, 2.24) is 15.0 Å². The van der Waals surface area contributed by atoms with Gasteiger partial charge in [0.25, 0.3) is 0 Å². The van der Waals surface area contributed by atoms with Crippen LogP contribution < -0.4 is 0 Å². The predicted octanol–water partition coefficient (Wildman–Crippen LogP) is 2.41. The van der Waals surface area contributed by atoms with Gasteiger partial charge in [0.2, 0.25) is 0 Å². The van der Waals surface area contributed by atoms with E-state index in [1.54, 1.807) is 17.5 Å². The molecular weight excluding hydrogens is 238 g/mol. The molecule has 0 amide bonds. The summed E-state index contributed by atoms with van der Waals surface area (Å²) in [6, 6.07) is 0. The quantitative estimate of drug-likeness (QED) is 0.773. The number of halogens is 1. The van der Waals surface area contributed by atoms with Gasteiger partial charge in [-0.25, -0.2) is 15.0 Å². The SMILES string of the molecule is CCc1nc2ncc(Br)nc2s1. The molecule has 5 heteroatoms. The molecule has 0 N–H and O–H groups in total. The summed E-state index contributed by atoms with van der Waals surface area (Å²) in [4.78, 5) is 13.6. The number of rotatable bonds is 1. The van der Waals surface area contributed by atoms with Crippen molar-refractivity contribution in [1.29, 1.82) is 0 Å². The molecule has 0 aliphatic carbocycles. The number of hydrogen-bond acceptors (Lipinski definition) is 4. The van der Waals surface area contributed by atoms with Crippen LogP contribution in [0.5, 0.6) is 0 Å². The first-order valence-corrected chi connectivity index (χ1v) is 5.18. The molecule has 0 aliphatic rings. The fourth-order valence-electron chi connectivity index (χ4n) is 0.894. The maximum atomic E-state index is 4.30. The van der Waals surface area contributed by atoms with Crippen molar-refractivity contribution in [2.24, 2.45) is 0 Å². The average Bonchev–Trinajstić information content (AvgIpc) is 2.46. The van der Waals surface area contributed by atoms with Crippen LogP contribution in [0.15, 0.2) is 10.8 Å². The van der Waals surface area contributed by atoms with E-state index in [9.17, 15) is 0 Å². The third-order valence-corrected chi connectivity index (χ3v) is 2.91. The fourth-order valence-corrected chi connectivity index (χ4v) is 2.12. The highest BCUT2D eigenvalue weighted by Crippen LogP contribution is 2.19. The molecule has 12 heavy (non-hydrogen) atoms. The van der Waals surface area contributed by atoms with Gasteiger partial charge in [-0.1, -0.05) is 18.3 Å². The number of nitrogens with zero attached hydrogens (tertiary/aromatic N) is 3. The van der Waals surface area contributed by atoms with Crippen LogP contribution in [0.25, 0.3) is 10.5 Å². The Morgan fingerprint density at radius 1 is 1.50 bits per heavy atom. The molecule has 0 fully saturated rings. The Kier molecular flexibility index (Phi) is 2.06. The Morgan fingerprint density at radius 3 is 3.08 bits per heavy atom. The Labute approximate surface area is 82.0 Å². The lowest BCUT2D eigenvalue weighted by Crippen LogP contribution is -1.80. The molecular formula is C7H6BrN3S. The number of aromatic nitrogens is 3. The summed E-state index contributed by atoms with van der Waals surface area (Å²) in [6.07, 6.45) is 2.61. The molecule has 0 bridgehead atoms. The largest absolute Gasteiger partial charge is 0.232 e. The molecule has 0 atom stereocenters. The molecule has 2 aromatic rings. The topological polar surface area (TPSA) is 38.7 Å². The van der Waals surface area contributed by atoms with Gasteiger partial charge >= 0.3 is 0 Å². The van der Waals surface area contributed by atoms with Gasteiger partial charge in [-0.05, 0) is 22.4 Å². The number of hydrogen-bond donors (Lipinski definition) is 0. The molecule has 2 aromatic heterocycles. The second kappa shape index (κ2) is 3.06. The molecule has 0 aliphatic heterocycles. The van der Waals surface area contributed by atoms with E-state index in [2.05, 4.69) is 37.8 Å². The molecule has 0 saturated heterocycles. The zero-order valence-electron chi connectivity index (χ0n) is 6.41. The van der Waals surface area contributed by atoms with Crippen molar-refractivity contribution < 1.29 is 0 Å². The minimum atomic E-state index is 0.750. The van der Waals surface area contributed by atoms with Gasteiger partial charge < -0.3 is 0 Å². The van der Waals surface area contributed by atoms with E-state index in [-0.39, 0.29) is 0 Å². The number of thiazole rings is 1. The summed E-state index contributed by atoms with van der Waals surface area (Å²) in [5.74, 6) is 0. The summed E-state index contributed by atoms with van der Waals surface area (Å²) in [5.41, 5.74) is 0.750. The van der Waals surface area contributed by atoms with Crippen molar-refractivity contribution in [3.8, 4) is 0 Å². The van der Waals surface area contributed by atoms with Crippen molar-refractivity contribution in [2.45, 2.75) is 13.3 Å². The molecule has 62 valence electrons. The lowest BCUT2D eigenvalue weighted by atomic mass is 10.5. The zero-order valence-corrected chi connectivity index (χ0v) is 8.81. The minimum absolute atomic E-state index is 0.750. The first kappa shape index (κ1) is 8.07. The first-order valence-electron chi connectivity index (χ1n) is 3.57. The van der Waals surface area contributed by atoms with Gasteiger partial charge in [0, 0.05) is 0 Å². The maximum Gasteiger partial charge on any atom is 0.189 e. The number of fused-ring (bicyclic) bond motifs is 1. The van der Waals surface area contributed by atoms with Crippen molar-refractivity contribution in [3.63, 3.8) is 0 Å². The highest BCUT2D eigenvalue weighted by atomic mass is 79.9. The lowest BCUT2D eigenvalue weighted by Gasteiger charge is -1.85. The monoisotopic (exact) mass is 243 g/mol. The highest BCUT2D eigenvalue weighted by molar-refractivity contribution is 9.10. The van der Waals surface area contributed by atoms with Crippen LogP contribution in [-0.2, 0) is 6.42 Å². The fraction of sp³-hybridized carbons (Fsp3) is 0.286. The van der Waals surface area contributed by atoms with Crippen LogP contribution >= 0.6 is 27.3 Å². The summed E-state index contributed by atoms with van der Waals surface area (Å²) in [5, 5.41) is 1.09. The summed E-state index contributed by atoms with van der Waals surface area (Å²) < 4.78 is 0.765. The highest BCUT2D eigenvalue weighted by Gasteiger charge is 2.04. The van der Waals surface area contributed by atoms with E-state index in [4.69, 9.17) is 0 Å². The van der Waals surface area contributed by atoms with Crippen LogP contribution in [0.3, 0.4) is 0 Å². The van der Waals surface area contributed by atoms with E-state index in [1.165, 1.54) is 0 Å². The van der Waals surface area contributed by atoms with Crippen LogP contribution in [0, 0.1) is 0 Å². The smallest absolute Gasteiger partial charge is 0.189 e. The van der Waals surface area contributed by atoms with Gasteiger partial charge in [-0.15, -0.1) is 0 Å². The third-order valence-electron chi connectivity index (χ3n) is 1.44. The van der Waals surface area contributed by atoms with E-state index in [1.807, 2.05) is 0 Å². The standard InChI is InChI=1S/C7H6BrN3S/c1-2-5-11-6-7(12-5)10-4(8)3-9-6/h3H,2H2,1H3. The molecule has 0 unspecified atom stereocenters. The van der Waals surface area contributed by atoms with Gasteiger partial charge in [0.15, 0.2) is 10.5 Å². The zero-order chi connectivity index (χ0) is 8.55. The van der Waals surface area contributed by atoms with Crippen molar-refractivity contribution in [2.75, 3.05) is 0 Å². The first-order chi connectivity index (χ1) is 5.79.